The molecule has 2 heteroatoms. The van der Waals surface area contributed by atoms with E-state index >= 15 is 0 Å². The van der Waals surface area contributed by atoms with Crippen LogP contribution >= 0.6 is 0 Å². The first-order chi connectivity index (χ1) is 10.9. The zero-order chi connectivity index (χ0) is 14.9. The molecule has 0 aromatic heterocycles. The number of unbranched alkanes of at least 4 members (excludes halogenated alkanes) is 1. The highest BCUT2D eigenvalue weighted by Crippen LogP contribution is 2.24. The predicted molar refractivity (Wildman–Crippen MR) is 94.0 cm³/mol. The zero-order valence-electron chi connectivity index (χ0n) is 12.8. The highest BCUT2D eigenvalue weighted by molar-refractivity contribution is 6.10. The molecular formula is C20H20N2. The summed E-state index contributed by atoms with van der Waals surface area (Å²) >= 11 is 0. The van der Waals surface area contributed by atoms with Gasteiger partial charge in [0.05, 0.1) is 0 Å². The Kier molecular flexibility index (Phi) is 3.23. The molecule has 1 heterocycles. The monoisotopic (exact) mass is 288 g/mol. The molecule has 0 spiro atoms. The summed E-state index contributed by atoms with van der Waals surface area (Å²) in [4.78, 5) is 2.33. The summed E-state index contributed by atoms with van der Waals surface area (Å²) in [7, 11) is 0. The lowest BCUT2D eigenvalue weighted by Gasteiger charge is -2.18. The number of nitrogens with one attached hydrogen (secondary N) is 1. The number of rotatable bonds is 3. The minimum absolute atomic E-state index is 1.06. The second-order valence-corrected chi connectivity index (χ2v) is 5.85. The van der Waals surface area contributed by atoms with E-state index in [-0.39, 0.29) is 0 Å². The maximum atomic E-state index is 3.43. The Hall–Kier alpha value is -2.48. The number of nitrogens with zero attached hydrogens (tertiary/aromatic N) is 1. The zero-order valence-corrected chi connectivity index (χ0v) is 12.8. The largest absolute Gasteiger partial charge is 0.346 e. The van der Waals surface area contributed by atoms with Gasteiger partial charge in [-0.3, -0.25) is 0 Å². The smallest absolute Gasteiger partial charge is 0.117 e. The standard InChI is InChI=1S/C20H20N2/c1-2-3-13-22-14-12-21-20(22)18-11-10-16-7-4-6-15-8-5-9-17(18)19(15)16/h4-12,14,21H,2-3,13H2,1H3. The lowest BCUT2D eigenvalue weighted by molar-refractivity contribution is 0.504. The van der Waals surface area contributed by atoms with Crippen LogP contribution in [-0.4, -0.2) is 11.4 Å². The molecule has 0 aliphatic carbocycles. The van der Waals surface area contributed by atoms with Gasteiger partial charge in [-0.25, -0.2) is 0 Å². The van der Waals surface area contributed by atoms with Gasteiger partial charge in [0.25, 0.3) is 0 Å². The number of hydrogen-bond acceptors (Lipinski definition) is 2. The quantitative estimate of drug-likeness (QED) is 0.785. The average molecular weight is 288 g/mol. The Bertz CT molecular complexity index is 885. The molecule has 1 N–H and O–H groups in total. The van der Waals surface area contributed by atoms with Crippen molar-refractivity contribution in [3.63, 3.8) is 0 Å². The molecule has 2 nitrogen and oxygen atoms in total. The summed E-state index contributed by atoms with van der Waals surface area (Å²) in [5.41, 5.74) is 0. The van der Waals surface area contributed by atoms with Gasteiger partial charge in [0.2, 0.25) is 0 Å². The van der Waals surface area contributed by atoms with Crippen LogP contribution in [0.3, 0.4) is 0 Å². The van der Waals surface area contributed by atoms with E-state index in [4.69, 9.17) is 0 Å². The predicted octanol–water partition coefficient (Wildman–Crippen LogP) is 3.95. The SMILES string of the molecule is CCCCN1C=CNC1=c1ccc2cccc3cccc1c32. The molecule has 0 atom stereocenters. The average Bonchev–Trinajstić information content (AvgIpc) is 3.02. The highest BCUT2D eigenvalue weighted by atomic mass is 15.3. The second kappa shape index (κ2) is 5.38. The molecule has 3 aromatic rings. The molecule has 0 saturated heterocycles. The molecular weight excluding hydrogens is 268 g/mol. The van der Waals surface area contributed by atoms with Crippen LogP contribution in [0.4, 0.5) is 0 Å². The van der Waals surface area contributed by atoms with E-state index in [1.54, 1.807) is 0 Å². The van der Waals surface area contributed by atoms with Gasteiger partial charge in [-0.1, -0.05) is 61.9 Å². The lowest BCUT2D eigenvalue weighted by Crippen LogP contribution is -2.26. The third-order valence-electron chi connectivity index (χ3n) is 4.43. The normalized spacial score (nSPS) is 16.7. The van der Waals surface area contributed by atoms with Crippen molar-refractivity contribution >= 4 is 27.4 Å². The van der Waals surface area contributed by atoms with Crippen molar-refractivity contribution in [1.29, 1.82) is 0 Å². The molecule has 0 saturated carbocycles. The number of hydrogen-bond donors (Lipinski definition) is 1. The Balaban J connectivity index is 1.99. The van der Waals surface area contributed by atoms with Crippen molar-refractivity contribution in [2.75, 3.05) is 6.54 Å². The van der Waals surface area contributed by atoms with E-state index in [9.17, 15) is 0 Å². The van der Waals surface area contributed by atoms with E-state index in [0.717, 1.165) is 6.54 Å². The van der Waals surface area contributed by atoms with Gasteiger partial charge in [-0.2, -0.15) is 0 Å². The second-order valence-electron chi connectivity index (χ2n) is 5.85. The van der Waals surface area contributed by atoms with Crippen molar-refractivity contribution in [2.24, 2.45) is 0 Å². The van der Waals surface area contributed by atoms with Crippen LogP contribution in [0.25, 0.3) is 27.4 Å². The molecule has 1 aliphatic heterocycles. The van der Waals surface area contributed by atoms with Crippen LogP contribution < -0.4 is 10.5 Å². The van der Waals surface area contributed by atoms with Crippen LogP contribution in [0.15, 0.2) is 60.9 Å². The van der Waals surface area contributed by atoms with E-state index in [0.29, 0.717) is 0 Å². The molecule has 0 radical (unpaired) electrons. The Morgan fingerprint density at radius 3 is 2.55 bits per heavy atom. The molecule has 22 heavy (non-hydrogen) atoms. The topological polar surface area (TPSA) is 15.3 Å². The van der Waals surface area contributed by atoms with Crippen molar-refractivity contribution < 1.29 is 0 Å². The fourth-order valence-corrected chi connectivity index (χ4v) is 3.31. The maximum Gasteiger partial charge on any atom is 0.117 e. The summed E-state index contributed by atoms with van der Waals surface area (Å²) in [5, 5.41) is 10.0. The summed E-state index contributed by atoms with van der Waals surface area (Å²) in [6, 6.07) is 17.6. The molecule has 0 unspecified atom stereocenters. The van der Waals surface area contributed by atoms with Gasteiger partial charge < -0.3 is 10.2 Å². The Morgan fingerprint density at radius 1 is 0.955 bits per heavy atom. The van der Waals surface area contributed by atoms with E-state index in [1.165, 1.54) is 45.4 Å². The molecule has 3 aromatic carbocycles. The van der Waals surface area contributed by atoms with E-state index in [2.05, 4.69) is 71.9 Å². The third-order valence-corrected chi connectivity index (χ3v) is 4.43. The van der Waals surface area contributed by atoms with Crippen molar-refractivity contribution in [1.82, 2.24) is 10.2 Å². The van der Waals surface area contributed by atoms with Crippen molar-refractivity contribution in [3.05, 3.63) is 66.1 Å². The van der Waals surface area contributed by atoms with Crippen molar-refractivity contribution in [2.45, 2.75) is 19.8 Å². The first kappa shape index (κ1) is 13.2. The highest BCUT2D eigenvalue weighted by Gasteiger charge is 2.13. The summed E-state index contributed by atoms with van der Waals surface area (Å²) in [6.07, 6.45) is 6.59. The van der Waals surface area contributed by atoms with Gasteiger partial charge in [-0.05, 0) is 28.0 Å². The maximum absolute atomic E-state index is 3.43. The first-order valence-electron chi connectivity index (χ1n) is 8.03. The lowest BCUT2D eigenvalue weighted by atomic mass is 9.99. The first-order valence-corrected chi connectivity index (χ1v) is 8.03. The van der Waals surface area contributed by atoms with Crippen molar-refractivity contribution in [3.8, 4) is 0 Å². The summed E-state index contributed by atoms with van der Waals surface area (Å²) < 4.78 is 0. The molecule has 110 valence electrons. The minimum Gasteiger partial charge on any atom is -0.346 e. The van der Waals surface area contributed by atoms with Gasteiger partial charge in [0, 0.05) is 24.2 Å². The Morgan fingerprint density at radius 2 is 1.73 bits per heavy atom. The molecule has 0 bridgehead atoms. The molecule has 1 aliphatic rings. The van der Waals surface area contributed by atoms with Gasteiger partial charge in [0.1, 0.15) is 5.82 Å². The third kappa shape index (κ3) is 2.03. The molecule has 0 amide bonds. The summed E-state index contributed by atoms with van der Waals surface area (Å²) in [5.74, 6) is 1.20. The minimum atomic E-state index is 1.06. The van der Waals surface area contributed by atoms with Gasteiger partial charge >= 0.3 is 0 Å². The fraction of sp³-hybridized carbons (Fsp3) is 0.200. The van der Waals surface area contributed by atoms with Crippen LogP contribution in [0.2, 0.25) is 0 Å². The van der Waals surface area contributed by atoms with Gasteiger partial charge in [-0.15, -0.1) is 0 Å². The molecule has 4 rings (SSSR count). The number of benzene rings is 3. The summed E-state index contributed by atoms with van der Waals surface area (Å²) in [6.45, 7) is 3.29. The van der Waals surface area contributed by atoms with E-state index in [1.807, 2.05) is 6.20 Å². The van der Waals surface area contributed by atoms with E-state index < -0.39 is 0 Å². The Labute approximate surface area is 130 Å². The van der Waals surface area contributed by atoms with Crippen LogP contribution in [0, 0.1) is 0 Å². The fourth-order valence-electron chi connectivity index (χ4n) is 3.31. The van der Waals surface area contributed by atoms with Crippen LogP contribution in [0.5, 0.6) is 0 Å². The molecule has 0 fully saturated rings. The van der Waals surface area contributed by atoms with Gasteiger partial charge in [0.15, 0.2) is 0 Å². The van der Waals surface area contributed by atoms with Crippen LogP contribution in [0.1, 0.15) is 19.8 Å². The van der Waals surface area contributed by atoms with Crippen LogP contribution in [-0.2, 0) is 0 Å².